The van der Waals surface area contributed by atoms with E-state index in [0.717, 1.165) is 26.9 Å². The second kappa shape index (κ2) is 7.45. The lowest BCUT2D eigenvalue weighted by atomic mass is 10.1. The van der Waals surface area contributed by atoms with E-state index < -0.39 is 0 Å². The van der Waals surface area contributed by atoms with Crippen molar-refractivity contribution in [3.8, 4) is 5.75 Å². The standard InChI is InChI=1S/C18H20BrNO2/c1-12-6-4-7-13(2)18(12)22-11-17(21)20-14(3)15-8-5-9-16(19)10-15/h4-10,14H,11H2,1-3H3,(H,20,21)/t14-/m0/s1. The highest BCUT2D eigenvalue weighted by molar-refractivity contribution is 9.10. The summed E-state index contributed by atoms with van der Waals surface area (Å²) in [6.07, 6.45) is 0. The van der Waals surface area contributed by atoms with E-state index in [9.17, 15) is 4.79 Å². The number of rotatable bonds is 5. The zero-order valence-corrected chi connectivity index (χ0v) is 14.6. The number of hydrogen-bond donors (Lipinski definition) is 1. The van der Waals surface area contributed by atoms with Crippen LogP contribution in [0, 0.1) is 13.8 Å². The molecule has 1 N–H and O–H groups in total. The van der Waals surface area contributed by atoms with Crippen LogP contribution in [0.1, 0.15) is 29.7 Å². The Morgan fingerprint density at radius 3 is 2.45 bits per heavy atom. The second-order valence-corrected chi connectivity index (χ2v) is 6.27. The van der Waals surface area contributed by atoms with Crippen molar-refractivity contribution in [2.75, 3.05) is 6.61 Å². The van der Waals surface area contributed by atoms with Crippen LogP contribution in [0.5, 0.6) is 5.75 Å². The van der Waals surface area contributed by atoms with Gasteiger partial charge in [0.2, 0.25) is 0 Å². The summed E-state index contributed by atoms with van der Waals surface area (Å²) in [7, 11) is 0. The summed E-state index contributed by atoms with van der Waals surface area (Å²) < 4.78 is 6.67. The van der Waals surface area contributed by atoms with Crippen LogP contribution in [0.2, 0.25) is 0 Å². The van der Waals surface area contributed by atoms with Crippen molar-refractivity contribution < 1.29 is 9.53 Å². The van der Waals surface area contributed by atoms with E-state index in [1.807, 2.05) is 63.2 Å². The quantitative estimate of drug-likeness (QED) is 0.860. The third-order valence-corrected chi connectivity index (χ3v) is 3.98. The SMILES string of the molecule is Cc1cccc(C)c1OCC(=O)N[C@@H](C)c1cccc(Br)c1. The second-order valence-electron chi connectivity index (χ2n) is 5.35. The van der Waals surface area contributed by atoms with Crippen molar-refractivity contribution in [3.63, 3.8) is 0 Å². The van der Waals surface area contributed by atoms with Crippen LogP contribution in [0.25, 0.3) is 0 Å². The third kappa shape index (κ3) is 4.34. The largest absolute Gasteiger partial charge is 0.483 e. The first kappa shape index (κ1) is 16.6. The van der Waals surface area contributed by atoms with E-state index in [1.54, 1.807) is 0 Å². The zero-order chi connectivity index (χ0) is 16.1. The molecule has 2 aromatic carbocycles. The van der Waals surface area contributed by atoms with Gasteiger partial charge in [-0.15, -0.1) is 0 Å². The van der Waals surface area contributed by atoms with Gasteiger partial charge in [-0.25, -0.2) is 0 Å². The molecule has 0 aliphatic heterocycles. The van der Waals surface area contributed by atoms with Gasteiger partial charge in [0.1, 0.15) is 5.75 Å². The molecule has 3 nitrogen and oxygen atoms in total. The van der Waals surface area contributed by atoms with Gasteiger partial charge in [-0.2, -0.15) is 0 Å². The molecule has 0 aliphatic carbocycles. The molecule has 0 aliphatic rings. The molecule has 0 aromatic heterocycles. The molecule has 0 saturated heterocycles. The highest BCUT2D eigenvalue weighted by Crippen LogP contribution is 2.22. The Bertz CT molecular complexity index is 650. The van der Waals surface area contributed by atoms with Gasteiger partial charge < -0.3 is 10.1 Å². The predicted octanol–water partition coefficient (Wildman–Crippen LogP) is 4.32. The first-order valence-electron chi connectivity index (χ1n) is 7.21. The molecule has 4 heteroatoms. The number of benzene rings is 2. The van der Waals surface area contributed by atoms with Gasteiger partial charge in [-0.3, -0.25) is 4.79 Å². The van der Waals surface area contributed by atoms with Crippen molar-refractivity contribution in [1.29, 1.82) is 0 Å². The lowest BCUT2D eigenvalue weighted by molar-refractivity contribution is -0.123. The molecular weight excluding hydrogens is 342 g/mol. The van der Waals surface area contributed by atoms with Gasteiger partial charge in [-0.05, 0) is 49.6 Å². The molecule has 1 atom stereocenters. The highest BCUT2D eigenvalue weighted by atomic mass is 79.9. The van der Waals surface area contributed by atoms with Gasteiger partial charge in [0.05, 0.1) is 6.04 Å². The van der Waals surface area contributed by atoms with Crippen LogP contribution >= 0.6 is 15.9 Å². The van der Waals surface area contributed by atoms with E-state index in [2.05, 4.69) is 21.2 Å². The Balaban J connectivity index is 1.93. The van der Waals surface area contributed by atoms with Crippen molar-refractivity contribution in [2.45, 2.75) is 26.8 Å². The summed E-state index contributed by atoms with van der Waals surface area (Å²) in [6.45, 7) is 5.93. The Labute approximate surface area is 139 Å². The Morgan fingerprint density at radius 2 is 1.82 bits per heavy atom. The summed E-state index contributed by atoms with van der Waals surface area (Å²) in [5, 5.41) is 2.95. The van der Waals surface area contributed by atoms with Gasteiger partial charge >= 0.3 is 0 Å². The van der Waals surface area contributed by atoms with Crippen molar-refractivity contribution >= 4 is 21.8 Å². The van der Waals surface area contributed by atoms with E-state index >= 15 is 0 Å². The number of carbonyl (C=O) groups is 1. The monoisotopic (exact) mass is 361 g/mol. The molecule has 2 rings (SSSR count). The molecule has 0 spiro atoms. The smallest absolute Gasteiger partial charge is 0.258 e. The number of amides is 1. The first-order valence-corrected chi connectivity index (χ1v) is 8.00. The van der Waals surface area contributed by atoms with Crippen LogP contribution in [-0.4, -0.2) is 12.5 Å². The van der Waals surface area contributed by atoms with Crippen molar-refractivity contribution in [3.05, 3.63) is 63.6 Å². The molecule has 116 valence electrons. The molecule has 0 radical (unpaired) electrons. The average molecular weight is 362 g/mol. The highest BCUT2D eigenvalue weighted by Gasteiger charge is 2.11. The molecule has 0 fully saturated rings. The Kier molecular flexibility index (Phi) is 5.61. The van der Waals surface area contributed by atoms with E-state index in [0.29, 0.717) is 0 Å². The number of ether oxygens (including phenoxy) is 1. The van der Waals surface area contributed by atoms with E-state index in [4.69, 9.17) is 4.74 Å². The Morgan fingerprint density at radius 1 is 1.18 bits per heavy atom. The molecule has 1 amide bonds. The summed E-state index contributed by atoms with van der Waals surface area (Å²) in [4.78, 5) is 12.1. The van der Waals surface area contributed by atoms with E-state index in [1.165, 1.54) is 0 Å². The van der Waals surface area contributed by atoms with Crippen molar-refractivity contribution in [2.24, 2.45) is 0 Å². The normalized spacial score (nSPS) is 11.8. The number of aryl methyl sites for hydroxylation is 2. The molecule has 2 aromatic rings. The minimum atomic E-state index is -0.130. The van der Waals surface area contributed by atoms with Gasteiger partial charge in [0.15, 0.2) is 6.61 Å². The molecule has 22 heavy (non-hydrogen) atoms. The first-order chi connectivity index (χ1) is 10.5. The molecule has 0 heterocycles. The maximum absolute atomic E-state index is 12.1. The maximum Gasteiger partial charge on any atom is 0.258 e. The fourth-order valence-corrected chi connectivity index (χ4v) is 2.72. The fourth-order valence-electron chi connectivity index (χ4n) is 2.31. The summed E-state index contributed by atoms with van der Waals surface area (Å²) >= 11 is 3.44. The summed E-state index contributed by atoms with van der Waals surface area (Å²) in [6, 6.07) is 13.8. The molecular formula is C18H20BrNO2. The van der Waals surface area contributed by atoms with Crippen LogP contribution in [-0.2, 0) is 4.79 Å². The lowest BCUT2D eigenvalue weighted by Crippen LogP contribution is -2.31. The van der Waals surface area contributed by atoms with Gasteiger partial charge in [0, 0.05) is 4.47 Å². The van der Waals surface area contributed by atoms with Gasteiger partial charge in [0.25, 0.3) is 5.91 Å². The van der Waals surface area contributed by atoms with Crippen LogP contribution in [0.4, 0.5) is 0 Å². The molecule has 0 unspecified atom stereocenters. The lowest BCUT2D eigenvalue weighted by Gasteiger charge is -2.16. The molecule has 0 saturated carbocycles. The topological polar surface area (TPSA) is 38.3 Å². The number of carbonyl (C=O) groups excluding carboxylic acids is 1. The zero-order valence-electron chi connectivity index (χ0n) is 13.0. The minimum Gasteiger partial charge on any atom is -0.483 e. The maximum atomic E-state index is 12.1. The Hall–Kier alpha value is -1.81. The predicted molar refractivity (Wildman–Crippen MR) is 92.1 cm³/mol. The van der Waals surface area contributed by atoms with Crippen LogP contribution in [0.3, 0.4) is 0 Å². The number of halogens is 1. The van der Waals surface area contributed by atoms with Crippen LogP contribution < -0.4 is 10.1 Å². The van der Waals surface area contributed by atoms with E-state index in [-0.39, 0.29) is 18.6 Å². The average Bonchev–Trinajstić information content (AvgIpc) is 2.46. The number of nitrogens with one attached hydrogen (secondary N) is 1. The van der Waals surface area contributed by atoms with Gasteiger partial charge in [-0.1, -0.05) is 46.3 Å². The minimum absolute atomic E-state index is 0.0179. The fraction of sp³-hybridized carbons (Fsp3) is 0.278. The van der Waals surface area contributed by atoms with Crippen LogP contribution in [0.15, 0.2) is 46.9 Å². The summed E-state index contributed by atoms with van der Waals surface area (Å²) in [5.41, 5.74) is 3.12. The number of hydrogen-bond acceptors (Lipinski definition) is 2. The summed E-state index contributed by atoms with van der Waals surface area (Å²) in [5.74, 6) is 0.655. The third-order valence-electron chi connectivity index (χ3n) is 3.48. The van der Waals surface area contributed by atoms with Crippen molar-refractivity contribution in [1.82, 2.24) is 5.32 Å². The molecule has 0 bridgehead atoms. The number of para-hydroxylation sites is 1.